The Bertz CT molecular complexity index is 491. The third-order valence-corrected chi connectivity index (χ3v) is 3.31. The second kappa shape index (κ2) is 7.26. The highest BCUT2D eigenvalue weighted by Gasteiger charge is 2.19. The van der Waals surface area contributed by atoms with Crippen molar-refractivity contribution in [2.75, 3.05) is 26.2 Å². The van der Waals surface area contributed by atoms with E-state index >= 15 is 0 Å². The maximum atomic E-state index is 11.4. The van der Waals surface area contributed by atoms with Crippen molar-refractivity contribution in [1.29, 1.82) is 0 Å². The molecule has 1 aliphatic heterocycles. The van der Waals surface area contributed by atoms with E-state index in [1.54, 1.807) is 4.90 Å². The van der Waals surface area contributed by atoms with E-state index in [0.29, 0.717) is 32.3 Å². The number of pyridine rings is 1. The molecule has 0 atom stereocenters. The first-order chi connectivity index (χ1) is 10.1. The van der Waals surface area contributed by atoms with Gasteiger partial charge in [-0.1, -0.05) is 13.8 Å². The highest BCUT2D eigenvalue weighted by molar-refractivity contribution is 5.76. The molecule has 1 fully saturated rings. The van der Waals surface area contributed by atoms with Crippen molar-refractivity contribution in [3.8, 4) is 5.75 Å². The fourth-order valence-corrected chi connectivity index (χ4v) is 2.15. The Balaban J connectivity index is 1.90. The molecule has 2 heterocycles. The summed E-state index contributed by atoms with van der Waals surface area (Å²) in [5, 5.41) is 6.13. The lowest BCUT2D eigenvalue weighted by atomic mass is 10.2. The summed E-state index contributed by atoms with van der Waals surface area (Å²) in [6.45, 7) is 9.38. The van der Waals surface area contributed by atoms with Gasteiger partial charge >= 0.3 is 6.03 Å². The van der Waals surface area contributed by atoms with Crippen molar-refractivity contribution in [2.45, 2.75) is 33.4 Å². The van der Waals surface area contributed by atoms with Crippen LogP contribution in [0.15, 0.2) is 12.1 Å². The number of hydrogen-bond donors (Lipinski definition) is 2. The van der Waals surface area contributed by atoms with E-state index in [-0.39, 0.29) is 6.03 Å². The third-order valence-electron chi connectivity index (χ3n) is 3.31. The second-order valence-corrected chi connectivity index (χ2v) is 5.50. The number of ether oxygens (including phenoxy) is 1. The lowest BCUT2D eigenvalue weighted by molar-refractivity contribution is 0.202. The smallest absolute Gasteiger partial charge is 0.317 e. The third kappa shape index (κ3) is 4.60. The molecule has 2 N–H and O–H groups in total. The van der Waals surface area contributed by atoms with Crippen molar-refractivity contribution >= 4 is 6.03 Å². The number of hydrogen-bond acceptors (Lipinski definition) is 4. The monoisotopic (exact) mass is 292 g/mol. The molecular formula is C15H24N4O2. The Labute approximate surface area is 125 Å². The molecular weight excluding hydrogens is 268 g/mol. The molecule has 0 bridgehead atoms. The van der Waals surface area contributed by atoms with Crippen LogP contribution in [0.2, 0.25) is 0 Å². The fourth-order valence-electron chi connectivity index (χ4n) is 2.15. The van der Waals surface area contributed by atoms with Crippen LogP contribution >= 0.6 is 0 Å². The zero-order chi connectivity index (χ0) is 15.2. The zero-order valence-corrected chi connectivity index (χ0v) is 13.0. The number of nitrogens with one attached hydrogen (secondary N) is 2. The minimum atomic E-state index is -0.0117. The molecule has 0 unspecified atom stereocenters. The van der Waals surface area contributed by atoms with Crippen LogP contribution in [0, 0.1) is 6.92 Å². The van der Waals surface area contributed by atoms with Crippen LogP contribution in [0.3, 0.4) is 0 Å². The van der Waals surface area contributed by atoms with Crippen molar-refractivity contribution in [2.24, 2.45) is 0 Å². The van der Waals surface area contributed by atoms with Gasteiger partial charge in [0.15, 0.2) is 0 Å². The number of carbonyl (C=O) groups excluding carboxylic acids is 1. The van der Waals surface area contributed by atoms with Crippen LogP contribution in [-0.2, 0) is 6.54 Å². The minimum Gasteiger partial charge on any atom is -0.490 e. The summed E-state index contributed by atoms with van der Waals surface area (Å²) >= 11 is 0. The van der Waals surface area contributed by atoms with Gasteiger partial charge in [0, 0.05) is 31.4 Å². The summed E-state index contributed by atoms with van der Waals surface area (Å²) in [7, 11) is 0. The maximum Gasteiger partial charge on any atom is 0.317 e. The van der Waals surface area contributed by atoms with Crippen molar-refractivity contribution in [3.05, 3.63) is 23.5 Å². The molecule has 2 amide bonds. The van der Waals surface area contributed by atoms with Gasteiger partial charge in [0.05, 0.1) is 12.2 Å². The van der Waals surface area contributed by atoms with Gasteiger partial charge in [-0.25, -0.2) is 4.79 Å². The Morgan fingerprint density at radius 2 is 2.29 bits per heavy atom. The van der Waals surface area contributed by atoms with Crippen LogP contribution in [-0.4, -0.2) is 48.2 Å². The predicted octanol–water partition coefficient (Wildman–Crippen LogP) is 1.29. The lowest BCUT2D eigenvalue weighted by Crippen LogP contribution is -2.32. The maximum absolute atomic E-state index is 11.4. The SMILES string of the molecule is Cc1ccc(OCCN2CCNC2=O)c(CNC(C)C)n1. The Morgan fingerprint density at radius 3 is 2.95 bits per heavy atom. The van der Waals surface area contributed by atoms with E-state index in [1.165, 1.54) is 0 Å². The number of urea groups is 1. The van der Waals surface area contributed by atoms with E-state index in [9.17, 15) is 4.79 Å². The average molecular weight is 292 g/mol. The topological polar surface area (TPSA) is 66.5 Å². The normalized spacial score (nSPS) is 14.7. The quantitative estimate of drug-likeness (QED) is 0.795. The number of amides is 2. The van der Waals surface area contributed by atoms with Crippen molar-refractivity contribution in [1.82, 2.24) is 20.5 Å². The minimum absolute atomic E-state index is 0.0117. The summed E-state index contributed by atoms with van der Waals surface area (Å²) in [4.78, 5) is 17.7. The zero-order valence-electron chi connectivity index (χ0n) is 13.0. The first-order valence-electron chi connectivity index (χ1n) is 7.41. The average Bonchev–Trinajstić information content (AvgIpc) is 2.84. The highest BCUT2D eigenvalue weighted by atomic mass is 16.5. The van der Waals surface area contributed by atoms with E-state index in [0.717, 1.165) is 23.7 Å². The first-order valence-corrected chi connectivity index (χ1v) is 7.41. The van der Waals surface area contributed by atoms with E-state index < -0.39 is 0 Å². The molecule has 6 nitrogen and oxygen atoms in total. The molecule has 0 aromatic carbocycles. The van der Waals surface area contributed by atoms with Gasteiger partial charge in [-0.15, -0.1) is 0 Å². The second-order valence-electron chi connectivity index (χ2n) is 5.50. The molecule has 1 aromatic heterocycles. The Kier molecular flexibility index (Phi) is 5.38. The van der Waals surface area contributed by atoms with Crippen molar-refractivity contribution < 1.29 is 9.53 Å². The number of aromatic nitrogens is 1. The fraction of sp³-hybridized carbons (Fsp3) is 0.600. The predicted molar refractivity (Wildman–Crippen MR) is 81.4 cm³/mol. The number of aryl methyl sites for hydroxylation is 1. The molecule has 0 aliphatic carbocycles. The number of carbonyl (C=O) groups is 1. The largest absolute Gasteiger partial charge is 0.490 e. The Morgan fingerprint density at radius 1 is 1.48 bits per heavy atom. The van der Waals surface area contributed by atoms with Crippen molar-refractivity contribution in [3.63, 3.8) is 0 Å². The van der Waals surface area contributed by atoms with Crippen LogP contribution in [0.1, 0.15) is 25.2 Å². The molecule has 21 heavy (non-hydrogen) atoms. The van der Waals surface area contributed by atoms with E-state index in [4.69, 9.17) is 4.74 Å². The molecule has 6 heteroatoms. The highest BCUT2D eigenvalue weighted by Crippen LogP contribution is 2.17. The van der Waals surface area contributed by atoms with Crippen LogP contribution in [0.5, 0.6) is 5.75 Å². The van der Waals surface area contributed by atoms with E-state index in [1.807, 2.05) is 19.1 Å². The molecule has 0 spiro atoms. The van der Waals surface area contributed by atoms with Gasteiger partial charge in [-0.05, 0) is 19.1 Å². The summed E-state index contributed by atoms with van der Waals surface area (Å²) in [6, 6.07) is 4.27. The summed E-state index contributed by atoms with van der Waals surface area (Å²) in [5.74, 6) is 0.786. The molecule has 1 saturated heterocycles. The first kappa shape index (κ1) is 15.6. The Hall–Kier alpha value is -1.82. The van der Waals surface area contributed by atoms with Crippen LogP contribution < -0.4 is 15.4 Å². The molecule has 1 aliphatic rings. The summed E-state index contributed by atoms with van der Waals surface area (Å²) in [5.41, 5.74) is 1.89. The van der Waals surface area contributed by atoms with Crippen LogP contribution in [0.4, 0.5) is 4.79 Å². The van der Waals surface area contributed by atoms with Gasteiger partial charge in [0.1, 0.15) is 12.4 Å². The standard InChI is InChI=1S/C15H24N4O2/c1-11(2)17-10-13-14(5-4-12(3)18-13)21-9-8-19-7-6-16-15(19)20/h4-5,11,17H,6-10H2,1-3H3,(H,16,20). The van der Waals surface area contributed by atoms with Gasteiger partial charge in [-0.2, -0.15) is 0 Å². The van der Waals surface area contributed by atoms with Gasteiger partial charge in [0.2, 0.25) is 0 Å². The molecule has 0 radical (unpaired) electrons. The molecule has 2 rings (SSSR count). The summed E-state index contributed by atoms with van der Waals surface area (Å²) in [6.07, 6.45) is 0. The summed E-state index contributed by atoms with van der Waals surface area (Å²) < 4.78 is 5.81. The van der Waals surface area contributed by atoms with Crippen LogP contribution in [0.25, 0.3) is 0 Å². The number of nitrogens with zero attached hydrogens (tertiary/aromatic N) is 2. The molecule has 116 valence electrons. The number of rotatable bonds is 7. The van der Waals surface area contributed by atoms with E-state index in [2.05, 4.69) is 29.5 Å². The molecule has 1 aromatic rings. The van der Waals surface area contributed by atoms with Gasteiger partial charge < -0.3 is 20.3 Å². The van der Waals surface area contributed by atoms with Gasteiger partial charge in [0.25, 0.3) is 0 Å². The molecule has 0 saturated carbocycles. The van der Waals surface area contributed by atoms with Gasteiger partial charge in [-0.3, -0.25) is 4.98 Å². The lowest BCUT2D eigenvalue weighted by Gasteiger charge is -2.17.